The van der Waals surface area contributed by atoms with E-state index in [0.717, 1.165) is 12.8 Å². The number of nitrogens with zero attached hydrogens (tertiary/aromatic N) is 1. The first kappa shape index (κ1) is 12.0. The molecule has 1 unspecified atom stereocenters. The van der Waals surface area contributed by atoms with Crippen LogP contribution in [0, 0.1) is 11.8 Å². The maximum atomic E-state index is 11.5. The fourth-order valence-corrected chi connectivity index (χ4v) is 1.72. The molecule has 0 radical (unpaired) electrons. The van der Waals surface area contributed by atoms with E-state index in [9.17, 15) is 9.59 Å². The Hall–Kier alpha value is -1.06. The Bertz CT molecular complexity index is 246. The molecule has 4 nitrogen and oxygen atoms in total. The zero-order chi connectivity index (χ0) is 11.4. The molecule has 0 aromatic rings. The van der Waals surface area contributed by atoms with Gasteiger partial charge in [-0.05, 0) is 6.42 Å². The van der Waals surface area contributed by atoms with E-state index in [1.165, 1.54) is 0 Å². The number of amides is 1. The number of hydrogen-bond donors (Lipinski definition) is 1. The van der Waals surface area contributed by atoms with Crippen molar-refractivity contribution >= 4 is 11.9 Å². The lowest BCUT2D eigenvalue weighted by Crippen LogP contribution is -2.53. The normalized spacial score (nSPS) is 18.4. The van der Waals surface area contributed by atoms with E-state index in [0.29, 0.717) is 19.5 Å². The van der Waals surface area contributed by atoms with Gasteiger partial charge in [0.05, 0.1) is 5.92 Å². The molecule has 1 amide bonds. The van der Waals surface area contributed by atoms with E-state index in [1.807, 2.05) is 0 Å². The lowest BCUT2D eigenvalue weighted by molar-refractivity contribution is -0.150. The van der Waals surface area contributed by atoms with Gasteiger partial charge in [-0.2, -0.15) is 0 Å². The highest BCUT2D eigenvalue weighted by Crippen LogP contribution is 2.24. The molecule has 0 aromatic carbocycles. The molecule has 1 aliphatic rings. The maximum Gasteiger partial charge on any atom is 0.306 e. The van der Waals surface area contributed by atoms with Crippen LogP contribution in [0.4, 0.5) is 0 Å². The zero-order valence-electron chi connectivity index (χ0n) is 9.40. The number of carbonyl (C=O) groups is 2. The molecule has 86 valence electrons. The molecule has 1 fully saturated rings. The third-order valence-electron chi connectivity index (χ3n) is 3.10. The molecular weight excluding hydrogens is 194 g/mol. The summed E-state index contributed by atoms with van der Waals surface area (Å²) in [7, 11) is 0. The molecule has 1 rings (SSSR count). The molecule has 0 spiro atoms. The average molecular weight is 213 g/mol. The minimum atomic E-state index is -0.763. The quantitative estimate of drug-likeness (QED) is 0.750. The molecule has 4 heteroatoms. The average Bonchev–Trinajstić information content (AvgIpc) is 2.11. The highest BCUT2D eigenvalue weighted by Gasteiger charge is 2.36. The van der Waals surface area contributed by atoms with Crippen molar-refractivity contribution in [1.29, 1.82) is 0 Å². The van der Waals surface area contributed by atoms with Crippen LogP contribution in [0.1, 0.15) is 33.1 Å². The summed E-state index contributed by atoms with van der Waals surface area (Å²) in [6, 6.07) is 0. The lowest BCUT2D eigenvalue weighted by Gasteiger charge is -2.41. The second kappa shape index (κ2) is 5.14. The van der Waals surface area contributed by atoms with Gasteiger partial charge in [-0.1, -0.05) is 20.3 Å². The molecule has 0 aliphatic carbocycles. The summed E-state index contributed by atoms with van der Waals surface area (Å²) in [5.74, 6) is -0.778. The van der Waals surface area contributed by atoms with E-state index in [-0.39, 0.29) is 17.7 Å². The van der Waals surface area contributed by atoms with Gasteiger partial charge in [-0.15, -0.1) is 0 Å². The van der Waals surface area contributed by atoms with Crippen molar-refractivity contribution in [2.24, 2.45) is 11.8 Å². The van der Waals surface area contributed by atoms with Gasteiger partial charge in [0.2, 0.25) is 5.91 Å². The summed E-state index contributed by atoms with van der Waals surface area (Å²) in [4.78, 5) is 23.9. The Labute approximate surface area is 90.3 Å². The molecule has 1 saturated heterocycles. The third-order valence-corrected chi connectivity index (χ3v) is 3.10. The highest BCUT2D eigenvalue weighted by atomic mass is 16.4. The first-order chi connectivity index (χ1) is 7.06. The Kier molecular flexibility index (Phi) is 4.12. The third kappa shape index (κ3) is 2.94. The van der Waals surface area contributed by atoms with Gasteiger partial charge < -0.3 is 10.0 Å². The van der Waals surface area contributed by atoms with Crippen molar-refractivity contribution in [3.63, 3.8) is 0 Å². The maximum absolute atomic E-state index is 11.5. The van der Waals surface area contributed by atoms with E-state index in [4.69, 9.17) is 5.11 Å². The van der Waals surface area contributed by atoms with Crippen LogP contribution in [-0.4, -0.2) is 35.0 Å². The lowest BCUT2D eigenvalue weighted by atomic mass is 9.87. The summed E-state index contributed by atoms with van der Waals surface area (Å²) < 4.78 is 0. The van der Waals surface area contributed by atoms with Gasteiger partial charge in [0.25, 0.3) is 0 Å². The van der Waals surface area contributed by atoms with Crippen LogP contribution in [0.2, 0.25) is 0 Å². The number of carbonyl (C=O) groups excluding carboxylic acids is 1. The van der Waals surface area contributed by atoms with Crippen molar-refractivity contribution < 1.29 is 14.7 Å². The Morgan fingerprint density at radius 2 is 2.07 bits per heavy atom. The van der Waals surface area contributed by atoms with Crippen LogP contribution in [0.25, 0.3) is 0 Å². The minimum Gasteiger partial charge on any atom is -0.481 e. The Morgan fingerprint density at radius 3 is 2.53 bits per heavy atom. The fraction of sp³-hybridized carbons (Fsp3) is 0.818. The molecule has 0 bridgehead atoms. The van der Waals surface area contributed by atoms with Gasteiger partial charge >= 0.3 is 5.97 Å². The SMILES string of the molecule is CCCCC(=O)N1CC(C(C)C(=O)O)C1. The number of unbranched alkanes of at least 4 members (excludes halogenated alkanes) is 1. The Balaban J connectivity index is 2.25. The van der Waals surface area contributed by atoms with Crippen LogP contribution in [-0.2, 0) is 9.59 Å². The number of carboxylic acid groups (broad SMARTS) is 1. The largest absolute Gasteiger partial charge is 0.481 e. The molecule has 0 saturated carbocycles. The number of rotatable bonds is 5. The van der Waals surface area contributed by atoms with E-state index in [1.54, 1.807) is 11.8 Å². The highest BCUT2D eigenvalue weighted by molar-refractivity contribution is 5.77. The van der Waals surface area contributed by atoms with Gasteiger partial charge in [0, 0.05) is 25.4 Å². The van der Waals surface area contributed by atoms with Gasteiger partial charge in [-0.25, -0.2) is 0 Å². The second-order valence-electron chi connectivity index (χ2n) is 4.29. The molecule has 15 heavy (non-hydrogen) atoms. The summed E-state index contributed by atoms with van der Waals surface area (Å²) in [5.41, 5.74) is 0. The predicted octanol–water partition coefficient (Wildman–Crippen LogP) is 1.36. The standard InChI is InChI=1S/C11H19NO3/c1-3-4-5-10(13)12-6-9(7-12)8(2)11(14)15/h8-9H,3-7H2,1-2H3,(H,14,15). The van der Waals surface area contributed by atoms with Crippen LogP contribution in [0.3, 0.4) is 0 Å². The van der Waals surface area contributed by atoms with Crippen molar-refractivity contribution in [1.82, 2.24) is 4.90 Å². The smallest absolute Gasteiger partial charge is 0.306 e. The van der Waals surface area contributed by atoms with Gasteiger partial charge in [0.15, 0.2) is 0 Å². The van der Waals surface area contributed by atoms with E-state index >= 15 is 0 Å². The first-order valence-corrected chi connectivity index (χ1v) is 5.56. The predicted molar refractivity (Wildman–Crippen MR) is 56.4 cm³/mol. The van der Waals surface area contributed by atoms with Crippen molar-refractivity contribution in [2.75, 3.05) is 13.1 Å². The van der Waals surface area contributed by atoms with E-state index < -0.39 is 5.97 Å². The minimum absolute atomic E-state index is 0.146. The van der Waals surface area contributed by atoms with Crippen molar-refractivity contribution in [2.45, 2.75) is 33.1 Å². The molecule has 0 aromatic heterocycles. The zero-order valence-corrected chi connectivity index (χ0v) is 9.40. The van der Waals surface area contributed by atoms with Crippen LogP contribution in [0.15, 0.2) is 0 Å². The molecule has 1 N–H and O–H groups in total. The van der Waals surface area contributed by atoms with Crippen LogP contribution in [0.5, 0.6) is 0 Å². The molecular formula is C11H19NO3. The number of likely N-dealkylation sites (tertiary alicyclic amines) is 1. The molecule has 1 heterocycles. The summed E-state index contributed by atoms with van der Waals surface area (Å²) in [6.07, 6.45) is 2.55. The monoisotopic (exact) mass is 213 g/mol. The molecule has 1 aliphatic heterocycles. The van der Waals surface area contributed by atoms with Crippen molar-refractivity contribution in [3.8, 4) is 0 Å². The van der Waals surface area contributed by atoms with Crippen LogP contribution >= 0.6 is 0 Å². The van der Waals surface area contributed by atoms with Gasteiger partial charge in [-0.3, -0.25) is 9.59 Å². The summed E-state index contributed by atoms with van der Waals surface area (Å²) in [5, 5.41) is 8.78. The first-order valence-electron chi connectivity index (χ1n) is 5.56. The van der Waals surface area contributed by atoms with Crippen LogP contribution < -0.4 is 0 Å². The summed E-state index contributed by atoms with van der Waals surface area (Å²) >= 11 is 0. The molecule has 1 atom stereocenters. The second-order valence-corrected chi connectivity index (χ2v) is 4.29. The fourth-order valence-electron chi connectivity index (χ4n) is 1.72. The van der Waals surface area contributed by atoms with Gasteiger partial charge in [0.1, 0.15) is 0 Å². The van der Waals surface area contributed by atoms with Crippen molar-refractivity contribution in [3.05, 3.63) is 0 Å². The number of carboxylic acids is 1. The number of hydrogen-bond acceptors (Lipinski definition) is 2. The summed E-state index contributed by atoms with van der Waals surface area (Å²) in [6.45, 7) is 5.01. The van der Waals surface area contributed by atoms with E-state index in [2.05, 4.69) is 6.92 Å². The topological polar surface area (TPSA) is 57.6 Å². The Morgan fingerprint density at radius 1 is 1.47 bits per heavy atom. The number of aliphatic carboxylic acids is 1.